The molecule has 0 bridgehead atoms. The molecule has 1 heterocycles. The summed E-state index contributed by atoms with van der Waals surface area (Å²) < 4.78 is 11.3. The molecule has 5 atom stereocenters. The lowest BCUT2D eigenvalue weighted by molar-refractivity contribution is -0.247. The van der Waals surface area contributed by atoms with Gasteiger partial charge >= 0.3 is 5.97 Å². The Morgan fingerprint density at radius 1 is 1.48 bits per heavy atom. The van der Waals surface area contributed by atoms with Crippen LogP contribution < -0.4 is 0 Å². The van der Waals surface area contributed by atoms with Gasteiger partial charge in [0.1, 0.15) is 17.5 Å². The van der Waals surface area contributed by atoms with Gasteiger partial charge < -0.3 is 24.5 Å². The molecule has 1 aromatic heterocycles. The smallest absolute Gasteiger partial charge is 0.336 e. The molecule has 0 amide bonds. The molecule has 6 heteroatoms. The van der Waals surface area contributed by atoms with Crippen molar-refractivity contribution in [2.75, 3.05) is 6.61 Å². The van der Waals surface area contributed by atoms with Crippen molar-refractivity contribution in [3.05, 3.63) is 35.3 Å². The number of carbonyl (C=O) groups excluding carboxylic acids is 1. The molecule has 6 nitrogen and oxygen atoms in total. The molecule has 0 aliphatic heterocycles. The van der Waals surface area contributed by atoms with Crippen LogP contribution in [0.1, 0.15) is 49.7 Å². The number of carbonyl (C=O) groups is 1. The maximum Gasteiger partial charge on any atom is 0.336 e. The molecule has 0 aromatic carbocycles. The van der Waals surface area contributed by atoms with Crippen molar-refractivity contribution >= 4 is 5.97 Å². The molecule has 138 valence electrons. The zero-order valence-corrected chi connectivity index (χ0v) is 14.9. The molecule has 5 unspecified atom stereocenters. The van der Waals surface area contributed by atoms with E-state index < -0.39 is 35.8 Å². The van der Waals surface area contributed by atoms with Crippen LogP contribution in [-0.4, -0.2) is 39.6 Å². The number of esters is 1. The van der Waals surface area contributed by atoms with Crippen LogP contribution in [0.3, 0.4) is 0 Å². The van der Waals surface area contributed by atoms with Crippen molar-refractivity contribution in [3.63, 3.8) is 0 Å². The van der Waals surface area contributed by atoms with Crippen molar-refractivity contribution in [3.8, 4) is 0 Å². The third kappa shape index (κ3) is 2.39. The number of fused-ring (bicyclic) bond motifs is 2. The summed E-state index contributed by atoms with van der Waals surface area (Å²) in [5.74, 6) is -0.182. The predicted octanol–water partition coefficient (Wildman–Crippen LogP) is 1.81. The predicted molar refractivity (Wildman–Crippen MR) is 89.7 cm³/mol. The number of hydrogen-bond donors (Lipinski definition) is 3. The van der Waals surface area contributed by atoms with E-state index in [1.54, 1.807) is 6.26 Å². The van der Waals surface area contributed by atoms with Crippen molar-refractivity contribution in [1.29, 1.82) is 0 Å². The highest BCUT2D eigenvalue weighted by Crippen LogP contribution is 2.61. The fourth-order valence-corrected chi connectivity index (χ4v) is 4.50. The topological polar surface area (TPSA) is 100 Å². The average Bonchev–Trinajstić information content (AvgIpc) is 2.93. The number of hydrogen-bond acceptors (Lipinski definition) is 6. The number of rotatable bonds is 3. The van der Waals surface area contributed by atoms with E-state index in [0.717, 1.165) is 11.1 Å². The molecular weight excluding hydrogens is 324 g/mol. The molecule has 1 fully saturated rings. The van der Waals surface area contributed by atoms with Crippen LogP contribution in [0.15, 0.2) is 22.8 Å². The van der Waals surface area contributed by atoms with Gasteiger partial charge in [-0.1, -0.05) is 20.4 Å². The first-order valence-corrected chi connectivity index (χ1v) is 8.63. The molecule has 3 rings (SSSR count). The molecule has 0 radical (unpaired) electrons. The molecule has 1 aromatic rings. The number of aliphatic hydroxyl groups excluding tert-OH is 2. The maximum atomic E-state index is 12.3. The van der Waals surface area contributed by atoms with Crippen molar-refractivity contribution in [1.82, 2.24) is 0 Å². The second kappa shape index (κ2) is 5.97. The monoisotopic (exact) mass is 350 g/mol. The van der Waals surface area contributed by atoms with Crippen LogP contribution in [-0.2, 0) is 16.0 Å². The lowest BCUT2D eigenvalue weighted by atomic mass is 9.50. The van der Waals surface area contributed by atoms with Gasteiger partial charge in [0.05, 0.1) is 24.5 Å². The molecule has 2 aliphatic rings. The molecule has 2 aliphatic carbocycles. The van der Waals surface area contributed by atoms with E-state index in [0.29, 0.717) is 18.6 Å². The summed E-state index contributed by atoms with van der Waals surface area (Å²) in [6.45, 7) is 8.74. The van der Waals surface area contributed by atoms with Crippen LogP contribution >= 0.6 is 0 Å². The van der Waals surface area contributed by atoms with Crippen LogP contribution in [0.2, 0.25) is 0 Å². The quantitative estimate of drug-likeness (QED) is 0.568. The molecule has 3 N–H and O–H groups in total. The lowest BCUT2D eigenvalue weighted by Crippen LogP contribution is -2.66. The van der Waals surface area contributed by atoms with E-state index >= 15 is 0 Å². The van der Waals surface area contributed by atoms with Crippen molar-refractivity contribution in [2.24, 2.45) is 11.3 Å². The highest BCUT2D eigenvalue weighted by molar-refractivity contribution is 5.88. The summed E-state index contributed by atoms with van der Waals surface area (Å²) in [4.78, 5) is 12.3. The van der Waals surface area contributed by atoms with Gasteiger partial charge in [-0.05, 0) is 31.2 Å². The second-order valence-electron chi connectivity index (χ2n) is 7.68. The lowest BCUT2D eigenvalue weighted by Gasteiger charge is -2.59. The summed E-state index contributed by atoms with van der Waals surface area (Å²) in [7, 11) is 0. The highest BCUT2D eigenvalue weighted by Gasteiger charge is 2.65. The highest BCUT2D eigenvalue weighted by atomic mass is 16.5. The van der Waals surface area contributed by atoms with E-state index in [-0.39, 0.29) is 17.9 Å². The summed E-state index contributed by atoms with van der Waals surface area (Å²) in [5, 5.41) is 31.2. The zero-order chi connectivity index (χ0) is 18.6. The van der Waals surface area contributed by atoms with Crippen molar-refractivity contribution in [2.45, 2.75) is 57.8 Å². The molecular formula is C19H26O6. The van der Waals surface area contributed by atoms with Crippen LogP contribution in [0.25, 0.3) is 0 Å². The Kier molecular flexibility index (Phi) is 4.34. The van der Waals surface area contributed by atoms with E-state index in [2.05, 4.69) is 6.58 Å². The number of ether oxygens (including phenoxy) is 1. The standard InChI is InChI=1S/C19H26O6/c1-10(8-20)17(22)25-16-15-11(2)9-24-13(15)7-19(23)14(21)6-5-12(3)18(16,19)4/h9,12,14,16,20-21,23H,1,5-8H2,2-4H3. The average molecular weight is 350 g/mol. The third-order valence-corrected chi connectivity index (χ3v) is 6.43. The fraction of sp³-hybridized carbons (Fsp3) is 0.632. The minimum atomic E-state index is -1.46. The Hall–Kier alpha value is -1.63. The van der Waals surface area contributed by atoms with E-state index in [1.165, 1.54) is 0 Å². The largest absolute Gasteiger partial charge is 0.469 e. The Balaban J connectivity index is 2.15. The van der Waals surface area contributed by atoms with E-state index in [4.69, 9.17) is 9.15 Å². The minimum absolute atomic E-state index is 0.00328. The molecule has 1 saturated carbocycles. The van der Waals surface area contributed by atoms with Gasteiger partial charge in [0, 0.05) is 17.4 Å². The van der Waals surface area contributed by atoms with Gasteiger partial charge in [0.15, 0.2) is 0 Å². The summed E-state index contributed by atoms with van der Waals surface area (Å²) in [6, 6.07) is 0. The van der Waals surface area contributed by atoms with Gasteiger partial charge in [0.25, 0.3) is 0 Å². The zero-order valence-electron chi connectivity index (χ0n) is 14.9. The number of aryl methyl sites for hydroxylation is 1. The van der Waals surface area contributed by atoms with E-state index in [1.807, 2.05) is 20.8 Å². The van der Waals surface area contributed by atoms with Gasteiger partial charge in [-0.3, -0.25) is 0 Å². The maximum absolute atomic E-state index is 12.3. The Labute approximate surface area is 147 Å². The first kappa shape index (κ1) is 18.2. The Morgan fingerprint density at radius 3 is 2.80 bits per heavy atom. The summed E-state index contributed by atoms with van der Waals surface area (Å²) in [6.07, 6.45) is 1.21. The first-order valence-electron chi connectivity index (χ1n) is 8.63. The van der Waals surface area contributed by atoms with E-state index in [9.17, 15) is 20.1 Å². The second-order valence-corrected chi connectivity index (χ2v) is 7.68. The first-order chi connectivity index (χ1) is 11.7. The third-order valence-electron chi connectivity index (χ3n) is 6.43. The Morgan fingerprint density at radius 2 is 2.16 bits per heavy atom. The van der Waals surface area contributed by atoms with Gasteiger partial charge in [-0.25, -0.2) is 4.79 Å². The number of aliphatic hydroxyl groups is 3. The van der Waals surface area contributed by atoms with Crippen LogP contribution in [0.5, 0.6) is 0 Å². The van der Waals surface area contributed by atoms with Crippen LogP contribution in [0, 0.1) is 18.3 Å². The molecule has 25 heavy (non-hydrogen) atoms. The number of furan rings is 1. The van der Waals surface area contributed by atoms with Crippen LogP contribution in [0.4, 0.5) is 0 Å². The summed E-state index contributed by atoms with van der Waals surface area (Å²) >= 11 is 0. The van der Waals surface area contributed by atoms with Gasteiger partial charge in [-0.2, -0.15) is 0 Å². The summed E-state index contributed by atoms with van der Waals surface area (Å²) in [5.41, 5.74) is -0.833. The molecule has 0 spiro atoms. The SMILES string of the molecule is C=C(CO)C(=O)OC1c2c(C)coc2CC2(O)C(O)CCC(C)C12C. The van der Waals surface area contributed by atoms with Gasteiger partial charge in [0.2, 0.25) is 0 Å². The normalized spacial score (nSPS) is 37.1. The Bertz CT molecular complexity index is 707. The van der Waals surface area contributed by atoms with Gasteiger partial charge in [-0.15, -0.1) is 0 Å². The minimum Gasteiger partial charge on any atom is -0.469 e. The molecule has 0 saturated heterocycles. The van der Waals surface area contributed by atoms with Crippen molar-refractivity contribution < 1.29 is 29.3 Å². The fourth-order valence-electron chi connectivity index (χ4n) is 4.50.